The van der Waals surface area contributed by atoms with E-state index in [1.54, 1.807) is 4.90 Å². The number of carbonyl (C=O) groups is 1. The molecule has 1 amide bonds. The number of thioether (sulfide) groups is 1. The normalized spacial score (nSPS) is 17.4. The standard InChI is InChI=1S/C22H24N2O2S/c1-5-26-19-12-8-17(9-13-19)14-20-21(25)24(15(2)3)22(27-20)23-18-10-6-16(4)7-11-18/h6-15H,5H2,1-4H3/b20-14+,23-22?. The van der Waals surface area contributed by atoms with Crippen molar-refractivity contribution >= 4 is 34.6 Å². The summed E-state index contributed by atoms with van der Waals surface area (Å²) in [4.78, 5) is 20.0. The predicted molar refractivity (Wildman–Crippen MR) is 113 cm³/mol. The lowest BCUT2D eigenvalue weighted by atomic mass is 10.2. The number of rotatable bonds is 5. The zero-order valence-electron chi connectivity index (χ0n) is 16.1. The molecule has 27 heavy (non-hydrogen) atoms. The summed E-state index contributed by atoms with van der Waals surface area (Å²) in [6.45, 7) is 8.64. The molecule has 5 heteroatoms. The molecule has 2 aromatic rings. The Balaban J connectivity index is 1.89. The number of hydrogen-bond acceptors (Lipinski definition) is 4. The van der Waals surface area contributed by atoms with E-state index in [-0.39, 0.29) is 11.9 Å². The van der Waals surface area contributed by atoms with Crippen molar-refractivity contribution in [3.05, 3.63) is 64.6 Å². The fourth-order valence-electron chi connectivity index (χ4n) is 2.73. The molecule has 0 aliphatic carbocycles. The van der Waals surface area contributed by atoms with E-state index in [9.17, 15) is 4.79 Å². The SMILES string of the molecule is CCOc1ccc(/C=C2/SC(=Nc3ccc(C)cc3)N(C(C)C)C2=O)cc1. The van der Waals surface area contributed by atoms with Gasteiger partial charge in [-0.05, 0) is 75.4 Å². The maximum atomic E-state index is 12.9. The van der Waals surface area contributed by atoms with E-state index in [0.29, 0.717) is 11.5 Å². The second-order valence-electron chi connectivity index (χ2n) is 6.61. The fraction of sp³-hybridized carbons (Fsp3) is 0.273. The van der Waals surface area contributed by atoms with Gasteiger partial charge in [0.05, 0.1) is 17.2 Å². The molecule has 0 bridgehead atoms. The molecule has 1 fully saturated rings. The van der Waals surface area contributed by atoms with Crippen molar-refractivity contribution in [1.82, 2.24) is 4.90 Å². The van der Waals surface area contributed by atoms with E-state index in [4.69, 9.17) is 9.73 Å². The molecule has 0 N–H and O–H groups in total. The molecule has 1 aliphatic heterocycles. The molecule has 0 spiro atoms. The quantitative estimate of drug-likeness (QED) is 0.652. The van der Waals surface area contributed by atoms with Gasteiger partial charge in [0.1, 0.15) is 5.75 Å². The third-order valence-electron chi connectivity index (χ3n) is 4.10. The number of amides is 1. The zero-order valence-corrected chi connectivity index (χ0v) is 16.9. The van der Waals surface area contributed by atoms with E-state index in [2.05, 4.69) is 0 Å². The van der Waals surface area contributed by atoms with Crippen molar-refractivity contribution in [3.63, 3.8) is 0 Å². The molecule has 1 heterocycles. The molecule has 0 atom stereocenters. The maximum Gasteiger partial charge on any atom is 0.266 e. The van der Waals surface area contributed by atoms with Crippen LogP contribution in [0.1, 0.15) is 31.9 Å². The molecule has 0 radical (unpaired) electrons. The lowest BCUT2D eigenvalue weighted by Crippen LogP contribution is -2.35. The summed E-state index contributed by atoms with van der Waals surface area (Å²) in [7, 11) is 0. The van der Waals surface area contributed by atoms with Gasteiger partial charge >= 0.3 is 0 Å². The van der Waals surface area contributed by atoms with Crippen LogP contribution in [-0.2, 0) is 4.79 Å². The summed E-state index contributed by atoms with van der Waals surface area (Å²) in [5, 5.41) is 0.719. The van der Waals surface area contributed by atoms with Crippen molar-refractivity contribution in [2.45, 2.75) is 33.7 Å². The van der Waals surface area contributed by atoms with E-state index in [1.165, 1.54) is 17.3 Å². The largest absolute Gasteiger partial charge is 0.494 e. The van der Waals surface area contributed by atoms with Gasteiger partial charge in [-0.15, -0.1) is 0 Å². The first kappa shape index (κ1) is 19.2. The number of benzene rings is 2. The summed E-state index contributed by atoms with van der Waals surface area (Å²) in [6.07, 6.45) is 1.91. The van der Waals surface area contributed by atoms with E-state index in [0.717, 1.165) is 22.2 Å². The fourth-order valence-corrected chi connectivity index (χ4v) is 3.85. The molecule has 1 aliphatic rings. The molecule has 140 valence electrons. The average Bonchev–Trinajstić information content (AvgIpc) is 2.94. The van der Waals surface area contributed by atoms with Crippen LogP contribution in [-0.4, -0.2) is 28.6 Å². The van der Waals surface area contributed by atoms with Gasteiger partial charge in [-0.25, -0.2) is 4.99 Å². The third-order valence-corrected chi connectivity index (χ3v) is 5.08. The number of nitrogens with zero attached hydrogens (tertiary/aromatic N) is 2. The number of hydrogen-bond donors (Lipinski definition) is 0. The maximum absolute atomic E-state index is 12.9. The number of carbonyl (C=O) groups excluding carboxylic acids is 1. The highest BCUT2D eigenvalue weighted by Crippen LogP contribution is 2.35. The monoisotopic (exact) mass is 380 g/mol. The van der Waals surface area contributed by atoms with Crippen molar-refractivity contribution in [3.8, 4) is 5.75 Å². The number of aryl methyl sites for hydroxylation is 1. The number of amidine groups is 1. The van der Waals surface area contributed by atoms with Gasteiger partial charge in [0.15, 0.2) is 5.17 Å². The Morgan fingerprint density at radius 3 is 2.37 bits per heavy atom. The van der Waals surface area contributed by atoms with Crippen molar-refractivity contribution in [2.24, 2.45) is 4.99 Å². The van der Waals surface area contributed by atoms with Crippen LogP contribution >= 0.6 is 11.8 Å². The Morgan fingerprint density at radius 2 is 1.78 bits per heavy atom. The van der Waals surface area contributed by atoms with Crippen LogP contribution < -0.4 is 4.74 Å². The van der Waals surface area contributed by atoms with Crippen molar-refractivity contribution in [1.29, 1.82) is 0 Å². The second-order valence-corrected chi connectivity index (χ2v) is 7.62. The minimum Gasteiger partial charge on any atom is -0.494 e. The molecule has 2 aromatic carbocycles. The smallest absolute Gasteiger partial charge is 0.266 e. The van der Waals surface area contributed by atoms with Gasteiger partial charge in [-0.1, -0.05) is 29.8 Å². The van der Waals surface area contributed by atoms with Crippen LogP contribution in [0.3, 0.4) is 0 Å². The number of ether oxygens (including phenoxy) is 1. The zero-order chi connectivity index (χ0) is 19.4. The molecule has 0 unspecified atom stereocenters. The van der Waals surface area contributed by atoms with Crippen LogP contribution in [0.4, 0.5) is 5.69 Å². The third kappa shape index (κ3) is 4.61. The molecular formula is C22H24N2O2S. The minimum atomic E-state index is -0.00486. The Labute approximate surface area is 164 Å². The lowest BCUT2D eigenvalue weighted by Gasteiger charge is -2.19. The van der Waals surface area contributed by atoms with Crippen LogP contribution in [0, 0.1) is 6.92 Å². The van der Waals surface area contributed by atoms with Gasteiger partial charge in [-0.3, -0.25) is 9.69 Å². The molecule has 3 rings (SSSR count). The summed E-state index contributed by atoms with van der Waals surface area (Å²) in [6, 6.07) is 15.8. The first-order valence-electron chi connectivity index (χ1n) is 9.09. The molecule has 4 nitrogen and oxygen atoms in total. The van der Waals surface area contributed by atoms with Crippen molar-refractivity contribution in [2.75, 3.05) is 6.61 Å². The minimum absolute atomic E-state index is 0.00486. The number of aliphatic imine (C=N–C) groups is 1. The second kappa shape index (κ2) is 8.44. The highest BCUT2D eigenvalue weighted by atomic mass is 32.2. The summed E-state index contributed by atoms with van der Waals surface area (Å²) < 4.78 is 5.47. The molecule has 0 saturated carbocycles. The van der Waals surface area contributed by atoms with Gasteiger partial charge in [0.2, 0.25) is 0 Å². The van der Waals surface area contributed by atoms with Gasteiger partial charge in [0, 0.05) is 6.04 Å². The van der Waals surface area contributed by atoms with Crippen LogP contribution in [0.15, 0.2) is 58.4 Å². The van der Waals surface area contributed by atoms with Crippen LogP contribution in [0.5, 0.6) is 5.75 Å². The summed E-state index contributed by atoms with van der Waals surface area (Å²) >= 11 is 1.42. The van der Waals surface area contributed by atoms with E-state index in [1.807, 2.05) is 82.3 Å². The van der Waals surface area contributed by atoms with Gasteiger partial charge in [-0.2, -0.15) is 0 Å². The highest BCUT2D eigenvalue weighted by Gasteiger charge is 2.35. The lowest BCUT2D eigenvalue weighted by molar-refractivity contribution is -0.123. The predicted octanol–water partition coefficient (Wildman–Crippen LogP) is 5.41. The molecule has 0 aromatic heterocycles. The molecular weight excluding hydrogens is 356 g/mol. The Kier molecular flexibility index (Phi) is 6.01. The van der Waals surface area contributed by atoms with Gasteiger partial charge in [0.25, 0.3) is 5.91 Å². The van der Waals surface area contributed by atoms with Gasteiger partial charge < -0.3 is 4.74 Å². The molecule has 1 saturated heterocycles. The van der Waals surface area contributed by atoms with Crippen molar-refractivity contribution < 1.29 is 9.53 Å². The topological polar surface area (TPSA) is 41.9 Å². The summed E-state index contributed by atoms with van der Waals surface area (Å²) in [5.74, 6) is 0.824. The Bertz CT molecular complexity index is 868. The van der Waals surface area contributed by atoms with Crippen LogP contribution in [0.25, 0.3) is 6.08 Å². The summed E-state index contributed by atoms with van der Waals surface area (Å²) in [5.41, 5.74) is 3.00. The van der Waals surface area contributed by atoms with Crippen LogP contribution in [0.2, 0.25) is 0 Å². The Morgan fingerprint density at radius 1 is 1.11 bits per heavy atom. The first-order chi connectivity index (χ1) is 13.0. The van der Waals surface area contributed by atoms with E-state index >= 15 is 0 Å². The Hall–Kier alpha value is -2.53. The first-order valence-corrected chi connectivity index (χ1v) is 9.91. The van der Waals surface area contributed by atoms with E-state index < -0.39 is 0 Å². The average molecular weight is 381 g/mol. The highest BCUT2D eigenvalue weighted by molar-refractivity contribution is 8.18.